The Balaban J connectivity index is 1.69. The lowest BCUT2D eigenvalue weighted by Gasteiger charge is -2.14. The fourth-order valence-corrected chi connectivity index (χ4v) is 3.03. The molecule has 7 nitrogen and oxygen atoms in total. The molecular formula is C22H22FN3O4. The molecule has 1 amide bonds. The summed E-state index contributed by atoms with van der Waals surface area (Å²) in [5.41, 5.74) is 2.23. The highest BCUT2D eigenvalue weighted by molar-refractivity contribution is 5.95. The van der Waals surface area contributed by atoms with Crippen molar-refractivity contribution in [3.8, 4) is 0 Å². The number of nitrogens with one attached hydrogen (secondary N) is 1. The molecule has 8 heteroatoms. The Kier molecular flexibility index (Phi) is 6.25. The first kappa shape index (κ1) is 21.2. The minimum atomic E-state index is -1.02. The number of aryl methyl sites for hydroxylation is 2. The Bertz CT molecular complexity index is 1160. The monoisotopic (exact) mass is 411 g/mol. The molecule has 0 saturated heterocycles. The molecule has 0 radical (unpaired) electrons. The minimum absolute atomic E-state index is 0.174. The van der Waals surface area contributed by atoms with E-state index in [4.69, 9.17) is 4.74 Å². The van der Waals surface area contributed by atoms with Crippen molar-refractivity contribution in [3.63, 3.8) is 0 Å². The normalized spacial score (nSPS) is 11.9. The zero-order chi connectivity index (χ0) is 21.8. The van der Waals surface area contributed by atoms with Crippen molar-refractivity contribution >= 4 is 22.9 Å². The smallest absolute Gasteiger partial charge is 0.338 e. The maximum atomic E-state index is 12.9. The molecular weight excluding hydrogens is 389 g/mol. The highest BCUT2D eigenvalue weighted by Gasteiger charge is 2.19. The Morgan fingerprint density at radius 3 is 2.57 bits per heavy atom. The van der Waals surface area contributed by atoms with Crippen LogP contribution < -0.4 is 10.9 Å². The van der Waals surface area contributed by atoms with E-state index in [2.05, 4.69) is 10.3 Å². The molecule has 1 heterocycles. The van der Waals surface area contributed by atoms with Crippen LogP contribution in [0.25, 0.3) is 11.0 Å². The fraction of sp³-hybridized carbons (Fsp3) is 0.273. The second-order valence-electron chi connectivity index (χ2n) is 6.84. The molecule has 0 bridgehead atoms. The van der Waals surface area contributed by atoms with Crippen LogP contribution in [0.3, 0.4) is 0 Å². The number of amides is 1. The summed E-state index contributed by atoms with van der Waals surface area (Å²) in [5, 5.41) is 2.64. The molecule has 0 saturated carbocycles. The van der Waals surface area contributed by atoms with Crippen LogP contribution in [0, 0.1) is 12.7 Å². The largest absolute Gasteiger partial charge is 0.449 e. The highest BCUT2D eigenvalue weighted by atomic mass is 19.1. The van der Waals surface area contributed by atoms with Crippen LogP contribution in [0.2, 0.25) is 0 Å². The lowest BCUT2D eigenvalue weighted by Crippen LogP contribution is -2.35. The van der Waals surface area contributed by atoms with E-state index in [0.29, 0.717) is 23.3 Å². The summed E-state index contributed by atoms with van der Waals surface area (Å²) in [6.07, 6.45) is -1.02. The third-order valence-electron chi connectivity index (χ3n) is 4.69. The van der Waals surface area contributed by atoms with Gasteiger partial charge >= 0.3 is 5.97 Å². The number of halogens is 1. The molecule has 30 heavy (non-hydrogen) atoms. The Hall–Kier alpha value is -3.55. The lowest BCUT2D eigenvalue weighted by molar-refractivity contribution is -0.129. The van der Waals surface area contributed by atoms with Crippen molar-refractivity contribution in [2.24, 2.45) is 0 Å². The SMILES string of the molecule is CCn1c(=O)c(C)nc2cc(C(=O)O[C@@H](C)C(=O)NCc3ccc(F)cc3)ccc21. The summed E-state index contributed by atoms with van der Waals surface area (Å²) in [6, 6.07) is 10.5. The first-order chi connectivity index (χ1) is 14.3. The third-order valence-corrected chi connectivity index (χ3v) is 4.69. The number of aromatic nitrogens is 2. The van der Waals surface area contributed by atoms with E-state index in [1.807, 2.05) is 6.92 Å². The number of carbonyl (C=O) groups excluding carboxylic acids is 2. The molecule has 0 aliphatic rings. The van der Waals surface area contributed by atoms with E-state index in [9.17, 15) is 18.8 Å². The van der Waals surface area contributed by atoms with E-state index in [0.717, 1.165) is 5.56 Å². The van der Waals surface area contributed by atoms with Gasteiger partial charge in [0.25, 0.3) is 11.5 Å². The second kappa shape index (κ2) is 8.86. The van der Waals surface area contributed by atoms with Gasteiger partial charge in [-0.15, -0.1) is 0 Å². The van der Waals surface area contributed by atoms with E-state index < -0.39 is 18.0 Å². The number of hydrogen-bond donors (Lipinski definition) is 1. The maximum Gasteiger partial charge on any atom is 0.338 e. The average Bonchev–Trinajstić information content (AvgIpc) is 2.73. The molecule has 1 aromatic heterocycles. The summed E-state index contributed by atoms with van der Waals surface area (Å²) >= 11 is 0. The van der Waals surface area contributed by atoms with Gasteiger partial charge in [-0.2, -0.15) is 0 Å². The average molecular weight is 411 g/mol. The van der Waals surface area contributed by atoms with Crippen molar-refractivity contribution in [2.75, 3.05) is 0 Å². The van der Waals surface area contributed by atoms with Crippen LogP contribution in [-0.2, 0) is 22.6 Å². The number of esters is 1. The van der Waals surface area contributed by atoms with Gasteiger partial charge in [-0.1, -0.05) is 12.1 Å². The second-order valence-corrected chi connectivity index (χ2v) is 6.84. The highest BCUT2D eigenvalue weighted by Crippen LogP contribution is 2.15. The molecule has 0 aliphatic heterocycles. The predicted molar refractivity (Wildman–Crippen MR) is 110 cm³/mol. The van der Waals surface area contributed by atoms with E-state index in [-0.39, 0.29) is 23.5 Å². The van der Waals surface area contributed by atoms with Crippen molar-refractivity contribution < 1.29 is 18.7 Å². The zero-order valence-corrected chi connectivity index (χ0v) is 16.9. The van der Waals surface area contributed by atoms with Gasteiger partial charge in [0.2, 0.25) is 0 Å². The van der Waals surface area contributed by atoms with Gasteiger partial charge in [-0.05, 0) is 56.7 Å². The van der Waals surface area contributed by atoms with Crippen LogP contribution in [0.5, 0.6) is 0 Å². The standard InChI is InChI=1S/C22H22FN3O4/c1-4-26-19-10-7-16(11-18(19)25-13(2)21(26)28)22(29)30-14(3)20(27)24-12-15-5-8-17(23)9-6-15/h5-11,14H,4,12H2,1-3H3,(H,24,27)/t14-/m0/s1. The Morgan fingerprint density at radius 1 is 1.20 bits per heavy atom. The zero-order valence-electron chi connectivity index (χ0n) is 16.9. The van der Waals surface area contributed by atoms with Crippen molar-refractivity contribution in [1.82, 2.24) is 14.9 Å². The van der Waals surface area contributed by atoms with Gasteiger partial charge in [0, 0.05) is 13.1 Å². The summed E-state index contributed by atoms with van der Waals surface area (Å²) in [6.45, 7) is 5.61. The van der Waals surface area contributed by atoms with Crippen molar-refractivity contribution in [3.05, 3.63) is 75.5 Å². The number of rotatable bonds is 6. The predicted octanol–water partition coefficient (Wildman–Crippen LogP) is 2.73. The summed E-state index contributed by atoms with van der Waals surface area (Å²) in [7, 11) is 0. The maximum absolute atomic E-state index is 12.9. The number of fused-ring (bicyclic) bond motifs is 1. The quantitative estimate of drug-likeness (QED) is 0.630. The molecule has 2 aromatic carbocycles. The molecule has 3 rings (SSSR count). The molecule has 0 fully saturated rings. The number of ether oxygens (including phenoxy) is 1. The molecule has 0 aliphatic carbocycles. The molecule has 0 unspecified atom stereocenters. The van der Waals surface area contributed by atoms with Gasteiger partial charge in [-0.3, -0.25) is 9.59 Å². The summed E-state index contributed by atoms with van der Waals surface area (Å²) in [5.74, 6) is -1.50. The Labute approximate surface area is 172 Å². The van der Waals surface area contributed by atoms with Crippen LogP contribution >= 0.6 is 0 Å². The molecule has 0 spiro atoms. The molecule has 156 valence electrons. The van der Waals surface area contributed by atoms with Gasteiger partial charge in [-0.25, -0.2) is 14.2 Å². The van der Waals surface area contributed by atoms with E-state index in [1.54, 1.807) is 35.8 Å². The van der Waals surface area contributed by atoms with Gasteiger partial charge in [0.15, 0.2) is 6.10 Å². The van der Waals surface area contributed by atoms with Crippen LogP contribution in [0.4, 0.5) is 4.39 Å². The minimum Gasteiger partial charge on any atom is -0.449 e. The van der Waals surface area contributed by atoms with Crippen molar-refractivity contribution in [2.45, 2.75) is 40.0 Å². The number of nitrogens with zero attached hydrogens (tertiary/aromatic N) is 2. The number of benzene rings is 2. The van der Waals surface area contributed by atoms with Crippen molar-refractivity contribution in [1.29, 1.82) is 0 Å². The molecule has 3 aromatic rings. The summed E-state index contributed by atoms with van der Waals surface area (Å²) < 4.78 is 19.8. The first-order valence-electron chi connectivity index (χ1n) is 9.54. The lowest BCUT2D eigenvalue weighted by atomic mass is 10.2. The summed E-state index contributed by atoms with van der Waals surface area (Å²) in [4.78, 5) is 41.1. The third kappa shape index (κ3) is 4.53. The van der Waals surface area contributed by atoms with E-state index >= 15 is 0 Å². The van der Waals surface area contributed by atoms with Crippen LogP contribution in [0.15, 0.2) is 47.3 Å². The fourth-order valence-electron chi connectivity index (χ4n) is 3.03. The van der Waals surface area contributed by atoms with Gasteiger partial charge < -0.3 is 14.6 Å². The van der Waals surface area contributed by atoms with Gasteiger partial charge in [0.1, 0.15) is 11.5 Å². The molecule has 1 N–H and O–H groups in total. The van der Waals surface area contributed by atoms with Crippen LogP contribution in [0.1, 0.15) is 35.5 Å². The van der Waals surface area contributed by atoms with E-state index in [1.165, 1.54) is 25.1 Å². The Morgan fingerprint density at radius 2 is 1.90 bits per heavy atom. The molecule has 1 atom stereocenters. The van der Waals surface area contributed by atoms with Crippen LogP contribution in [-0.4, -0.2) is 27.5 Å². The topological polar surface area (TPSA) is 90.3 Å². The number of hydrogen-bond acceptors (Lipinski definition) is 5. The number of carbonyl (C=O) groups is 2. The first-order valence-corrected chi connectivity index (χ1v) is 9.54. The van der Waals surface area contributed by atoms with Gasteiger partial charge in [0.05, 0.1) is 16.6 Å².